The lowest BCUT2D eigenvalue weighted by molar-refractivity contribution is -0.133. The Morgan fingerprint density at radius 1 is 1.18 bits per heavy atom. The van der Waals surface area contributed by atoms with Crippen LogP contribution in [0.15, 0.2) is 48.8 Å². The quantitative estimate of drug-likeness (QED) is 0.945. The Morgan fingerprint density at radius 2 is 1.95 bits per heavy atom. The van der Waals surface area contributed by atoms with E-state index in [1.54, 1.807) is 6.20 Å². The van der Waals surface area contributed by atoms with Crippen molar-refractivity contribution in [3.8, 4) is 11.1 Å². The highest BCUT2D eigenvalue weighted by atomic mass is 16.2. The van der Waals surface area contributed by atoms with Crippen LogP contribution in [-0.4, -0.2) is 42.0 Å². The van der Waals surface area contributed by atoms with Gasteiger partial charge in [0.1, 0.15) is 0 Å². The van der Waals surface area contributed by atoms with Gasteiger partial charge in [0, 0.05) is 44.1 Å². The van der Waals surface area contributed by atoms with Crippen LogP contribution in [0.2, 0.25) is 0 Å². The summed E-state index contributed by atoms with van der Waals surface area (Å²) in [5.74, 6) is 0.0624. The van der Waals surface area contributed by atoms with Crippen LogP contribution in [0, 0.1) is 0 Å². The summed E-state index contributed by atoms with van der Waals surface area (Å²) >= 11 is 0. The molecule has 1 aliphatic rings. The van der Waals surface area contributed by atoms with E-state index in [0.717, 1.165) is 42.9 Å². The Kier molecular flexibility index (Phi) is 4.49. The molecule has 2 aromatic rings. The van der Waals surface area contributed by atoms with Gasteiger partial charge in [-0.1, -0.05) is 30.3 Å². The van der Waals surface area contributed by atoms with Crippen LogP contribution in [0.1, 0.15) is 18.4 Å². The minimum atomic E-state index is -0.144. The first-order valence-electron chi connectivity index (χ1n) is 7.76. The van der Waals surface area contributed by atoms with Gasteiger partial charge in [-0.3, -0.25) is 9.78 Å². The number of benzene rings is 1. The number of aromatic nitrogens is 1. The largest absolute Gasteiger partial charge is 0.340 e. The van der Waals surface area contributed by atoms with Gasteiger partial charge in [-0.15, -0.1) is 0 Å². The number of piperazine rings is 1. The predicted octanol–water partition coefficient (Wildman–Crippen LogP) is 2.28. The molecule has 0 spiro atoms. The van der Waals surface area contributed by atoms with Gasteiger partial charge >= 0.3 is 0 Å². The molecular weight excluding hydrogens is 274 g/mol. The van der Waals surface area contributed by atoms with E-state index in [-0.39, 0.29) is 11.8 Å². The van der Waals surface area contributed by atoms with Crippen molar-refractivity contribution in [2.75, 3.05) is 26.2 Å². The summed E-state index contributed by atoms with van der Waals surface area (Å²) in [7, 11) is 0. The Hall–Kier alpha value is -2.20. The molecule has 114 valence electrons. The molecule has 1 aromatic heterocycles. The Bertz CT molecular complexity index is 636. The van der Waals surface area contributed by atoms with Gasteiger partial charge in [-0.2, -0.15) is 0 Å². The normalized spacial score (nSPS) is 16.3. The molecule has 0 saturated carbocycles. The molecule has 1 N–H and O–H groups in total. The number of amides is 1. The number of hydrogen-bond acceptors (Lipinski definition) is 3. The van der Waals surface area contributed by atoms with Gasteiger partial charge in [0.15, 0.2) is 0 Å². The number of carbonyl (C=O) groups excluding carboxylic acids is 1. The lowest BCUT2D eigenvalue weighted by atomic mass is 9.91. The summed E-state index contributed by atoms with van der Waals surface area (Å²) in [4.78, 5) is 18.9. The van der Waals surface area contributed by atoms with Crippen LogP contribution in [0.5, 0.6) is 0 Å². The molecule has 1 aromatic carbocycles. The second-order valence-electron chi connectivity index (χ2n) is 5.63. The van der Waals surface area contributed by atoms with Crippen molar-refractivity contribution in [1.29, 1.82) is 0 Å². The van der Waals surface area contributed by atoms with Gasteiger partial charge in [0.05, 0.1) is 5.92 Å². The Morgan fingerprint density at radius 3 is 2.68 bits per heavy atom. The first-order valence-corrected chi connectivity index (χ1v) is 7.76. The first kappa shape index (κ1) is 14.7. The molecule has 0 aliphatic carbocycles. The maximum atomic E-state index is 12.8. The number of nitrogens with zero attached hydrogens (tertiary/aromatic N) is 2. The Labute approximate surface area is 131 Å². The lowest BCUT2D eigenvalue weighted by Gasteiger charge is -2.30. The minimum absolute atomic E-state index is 0.144. The zero-order valence-electron chi connectivity index (χ0n) is 12.8. The zero-order chi connectivity index (χ0) is 15.4. The molecule has 1 saturated heterocycles. The van der Waals surface area contributed by atoms with E-state index in [2.05, 4.69) is 16.4 Å². The third-order valence-corrected chi connectivity index (χ3v) is 4.20. The predicted molar refractivity (Wildman–Crippen MR) is 87.5 cm³/mol. The van der Waals surface area contributed by atoms with Gasteiger partial charge < -0.3 is 10.2 Å². The van der Waals surface area contributed by atoms with Gasteiger partial charge in [-0.05, 0) is 24.1 Å². The molecule has 3 rings (SSSR count). The molecule has 2 heterocycles. The van der Waals surface area contributed by atoms with E-state index in [1.807, 2.05) is 48.4 Å². The summed E-state index contributed by atoms with van der Waals surface area (Å²) in [5, 5.41) is 3.28. The van der Waals surface area contributed by atoms with Gasteiger partial charge in [-0.25, -0.2) is 0 Å². The van der Waals surface area contributed by atoms with Crippen molar-refractivity contribution in [2.24, 2.45) is 0 Å². The summed E-state index contributed by atoms with van der Waals surface area (Å²) in [5.41, 5.74) is 3.21. The highest BCUT2D eigenvalue weighted by Gasteiger charge is 2.25. The Balaban J connectivity index is 1.89. The number of pyridine rings is 1. The number of hydrogen-bond donors (Lipinski definition) is 1. The van der Waals surface area contributed by atoms with Crippen molar-refractivity contribution in [2.45, 2.75) is 12.8 Å². The molecule has 1 amide bonds. The lowest BCUT2D eigenvalue weighted by Crippen LogP contribution is -2.47. The van der Waals surface area contributed by atoms with Crippen LogP contribution < -0.4 is 5.32 Å². The van der Waals surface area contributed by atoms with E-state index in [4.69, 9.17) is 0 Å². The number of rotatable bonds is 3. The minimum Gasteiger partial charge on any atom is -0.340 e. The molecule has 4 heteroatoms. The fourth-order valence-electron chi connectivity index (χ4n) is 2.95. The van der Waals surface area contributed by atoms with Gasteiger partial charge in [0.2, 0.25) is 5.91 Å². The molecule has 1 fully saturated rings. The average molecular weight is 295 g/mol. The molecule has 4 nitrogen and oxygen atoms in total. The van der Waals surface area contributed by atoms with Crippen LogP contribution in [0.25, 0.3) is 11.1 Å². The van der Waals surface area contributed by atoms with E-state index in [0.29, 0.717) is 0 Å². The second kappa shape index (κ2) is 6.71. The van der Waals surface area contributed by atoms with Crippen LogP contribution in [0.4, 0.5) is 0 Å². The molecular formula is C18H21N3O. The van der Waals surface area contributed by atoms with Crippen molar-refractivity contribution >= 4 is 5.91 Å². The van der Waals surface area contributed by atoms with Crippen molar-refractivity contribution in [3.63, 3.8) is 0 Å². The summed E-state index contributed by atoms with van der Waals surface area (Å²) in [6.45, 7) is 5.33. The zero-order valence-corrected chi connectivity index (χ0v) is 12.8. The highest BCUT2D eigenvalue weighted by Crippen LogP contribution is 2.29. The monoisotopic (exact) mass is 295 g/mol. The maximum Gasteiger partial charge on any atom is 0.229 e. The standard InChI is InChI=1S/C18H21N3O/c1-14(18(22)21-11-9-19-10-12-21)16-6-2-3-7-17(16)15-5-4-8-20-13-15/h2-8,13-14,19H,9-12H2,1H3. The van der Waals surface area contributed by atoms with E-state index in [9.17, 15) is 4.79 Å². The molecule has 0 bridgehead atoms. The third-order valence-electron chi connectivity index (χ3n) is 4.20. The summed E-state index contributed by atoms with van der Waals surface area (Å²) in [6.07, 6.45) is 3.61. The van der Waals surface area contributed by atoms with Crippen molar-refractivity contribution < 1.29 is 4.79 Å². The second-order valence-corrected chi connectivity index (χ2v) is 5.63. The van der Waals surface area contributed by atoms with Crippen molar-refractivity contribution in [1.82, 2.24) is 15.2 Å². The molecule has 0 radical (unpaired) electrons. The highest BCUT2D eigenvalue weighted by molar-refractivity contribution is 5.86. The average Bonchev–Trinajstić information content (AvgIpc) is 2.62. The smallest absolute Gasteiger partial charge is 0.229 e. The molecule has 22 heavy (non-hydrogen) atoms. The van der Waals surface area contributed by atoms with E-state index < -0.39 is 0 Å². The van der Waals surface area contributed by atoms with E-state index in [1.165, 1.54) is 0 Å². The number of carbonyl (C=O) groups is 1. The fourth-order valence-corrected chi connectivity index (χ4v) is 2.95. The molecule has 1 atom stereocenters. The van der Waals surface area contributed by atoms with Crippen molar-refractivity contribution in [3.05, 3.63) is 54.4 Å². The molecule has 1 aliphatic heterocycles. The van der Waals surface area contributed by atoms with Crippen LogP contribution >= 0.6 is 0 Å². The van der Waals surface area contributed by atoms with Crippen LogP contribution in [0.3, 0.4) is 0 Å². The maximum absolute atomic E-state index is 12.8. The topological polar surface area (TPSA) is 45.2 Å². The van der Waals surface area contributed by atoms with Gasteiger partial charge in [0.25, 0.3) is 0 Å². The van der Waals surface area contributed by atoms with E-state index >= 15 is 0 Å². The third kappa shape index (κ3) is 3.02. The van der Waals surface area contributed by atoms with Crippen LogP contribution in [-0.2, 0) is 4.79 Å². The molecule has 1 unspecified atom stereocenters. The fraction of sp³-hybridized carbons (Fsp3) is 0.333. The summed E-state index contributed by atoms with van der Waals surface area (Å²) in [6, 6.07) is 12.1. The number of nitrogens with one attached hydrogen (secondary N) is 1. The first-order chi connectivity index (χ1) is 10.8. The SMILES string of the molecule is CC(C(=O)N1CCNCC1)c1ccccc1-c1cccnc1. The summed E-state index contributed by atoms with van der Waals surface area (Å²) < 4.78 is 0.